The molecule has 0 aliphatic rings. The lowest BCUT2D eigenvalue weighted by Crippen LogP contribution is -2.29. The number of halogens is 1. The van der Waals surface area contributed by atoms with Crippen molar-refractivity contribution in [3.63, 3.8) is 0 Å². The van der Waals surface area contributed by atoms with Gasteiger partial charge in [-0.15, -0.1) is 0 Å². The molecule has 0 aromatic heterocycles. The molecule has 0 radical (unpaired) electrons. The van der Waals surface area contributed by atoms with Gasteiger partial charge < -0.3 is 4.90 Å². The first-order valence-electron chi connectivity index (χ1n) is 6.58. The van der Waals surface area contributed by atoms with Gasteiger partial charge in [0.05, 0.1) is 6.04 Å². The summed E-state index contributed by atoms with van der Waals surface area (Å²) in [5.74, 6) is 5.74. The zero-order valence-corrected chi connectivity index (χ0v) is 14.0. The maximum absolute atomic E-state index is 5.74. The first-order valence-corrected chi connectivity index (χ1v) is 7.66. The number of hydrazine groups is 1. The molecule has 20 heavy (non-hydrogen) atoms. The van der Waals surface area contributed by atoms with Crippen LogP contribution >= 0.6 is 22.6 Å². The van der Waals surface area contributed by atoms with Gasteiger partial charge in [-0.2, -0.15) is 0 Å². The summed E-state index contributed by atoms with van der Waals surface area (Å²) in [7, 11) is 4.09. The highest BCUT2D eigenvalue weighted by molar-refractivity contribution is 14.1. The van der Waals surface area contributed by atoms with Crippen molar-refractivity contribution >= 4 is 28.3 Å². The summed E-state index contributed by atoms with van der Waals surface area (Å²) in [5, 5.41) is 0. The van der Waals surface area contributed by atoms with Crippen LogP contribution in [-0.2, 0) is 6.42 Å². The molecule has 0 saturated carbocycles. The van der Waals surface area contributed by atoms with Crippen LogP contribution in [0.15, 0.2) is 48.5 Å². The third-order valence-electron chi connectivity index (χ3n) is 3.34. The van der Waals surface area contributed by atoms with Gasteiger partial charge in [0.25, 0.3) is 0 Å². The Balaban J connectivity index is 2.19. The first-order chi connectivity index (χ1) is 9.60. The minimum absolute atomic E-state index is 0.120. The molecule has 1 atom stereocenters. The highest BCUT2D eigenvalue weighted by Gasteiger charge is 2.11. The molecule has 4 heteroatoms. The largest absolute Gasteiger partial charge is 0.378 e. The second-order valence-corrected chi connectivity index (χ2v) is 6.28. The fourth-order valence-electron chi connectivity index (χ4n) is 2.15. The Morgan fingerprint density at radius 3 is 2.45 bits per heavy atom. The van der Waals surface area contributed by atoms with Gasteiger partial charge in [0, 0.05) is 23.4 Å². The Labute approximate surface area is 134 Å². The number of anilines is 1. The van der Waals surface area contributed by atoms with Crippen molar-refractivity contribution in [3.8, 4) is 0 Å². The summed E-state index contributed by atoms with van der Waals surface area (Å²) in [6, 6.07) is 17.1. The Hall–Kier alpha value is -1.11. The van der Waals surface area contributed by atoms with Gasteiger partial charge in [-0.3, -0.25) is 11.3 Å². The second-order valence-electron chi connectivity index (χ2n) is 5.04. The van der Waals surface area contributed by atoms with Crippen molar-refractivity contribution in [2.45, 2.75) is 12.5 Å². The van der Waals surface area contributed by atoms with Gasteiger partial charge in [-0.25, -0.2) is 0 Å². The van der Waals surface area contributed by atoms with Gasteiger partial charge in [0.1, 0.15) is 0 Å². The molecular weight excluding hydrogens is 361 g/mol. The average Bonchev–Trinajstić information content (AvgIpc) is 2.46. The lowest BCUT2D eigenvalue weighted by molar-refractivity contribution is 0.552. The van der Waals surface area contributed by atoms with Crippen LogP contribution in [0.4, 0.5) is 5.69 Å². The summed E-state index contributed by atoms with van der Waals surface area (Å²) in [4.78, 5) is 2.10. The van der Waals surface area contributed by atoms with Crippen molar-refractivity contribution in [3.05, 3.63) is 63.2 Å². The van der Waals surface area contributed by atoms with Crippen LogP contribution in [0.3, 0.4) is 0 Å². The molecule has 0 amide bonds. The molecule has 1 unspecified atom stereocenters. The number of benzene rings is 2. The minimum Gasteiger partial charge on any atom is -0.378 e. The van der Waals surface area contributed by atoms with Crippen molar-refractivity contribution in [2.75, 3.05) is 19.0 Å². The van der Waals surface area contributed by atoms with Gasteiger partial charge >= 0.3 is 0 Å². The molecular formula is C16H20IN3. The average molecular weight is 381 g/mol. The Morgan fingerprint density at radius 2 is 1.85 bits per heavy atom. The first kappa shape index (κ1) is 15.3. The molecule has 0 spiro atoms. The predicted octanol–water partition coefficient (Wildman–Crippen LogP) is 3.10. The van der Waals surface area contributed by atoms with Crippen LogP contribution in [0.2, 0.25) is 0 Å². The third-order valence-corrected chi connectivity index (χ3v) is 4.06. The molecule has 2 aromatic rings. The Kier molecular flexibility index (Phi) is 5.39. The number of rotatable bonds is 5. The molecule has 0 aliphatic heterocycles. The monoisotopic (exact) mass is 381 g/mol. The normalized spacial score (nSPS) is 12.2. The molecule has 2 rings (SSSR count). The molecule has 2 aromatic carbocycles. The van der Waals surface area contributed by atoms with E-state index in [0.29, 0.717) is 0 Å². The molecule has 0 aliphatic carbocycles. The minimum atomic E-state index is 0.120. The van der Waals surface area contributed by atoms with Crippen LogP contribution in [0.25, 0.3) is 0 Å². The second kappa shape index (κ2) is 7.06. The van der Waals surface area contributed by atoms with E-state index in [1.54, 1.807) is 0 Å². The molecule has 3 nitrogen and oxygen atoms in total. The maximum Gasteiger partial charge on any atom is 0.0501 e. The number of nitrogens with zero attached hydrogens (tertiary/aromatic N) is 1. The third kappa shape index (κ3) is 3.94. The lowest BCUT2D eigenvalue weighted by Gasteiger charge is -2.19. The van der Waals surface area contributed by atoms with Crippen molar-refractivity contribution in [1.82, 2.24) is 5.43 Å². The summed E-state index contributed by atoms with van der Waals surface area (Å²) < 4.78 is 1.25. The van der Waals surface area contributed by atoms with Crippen molar-refractivity contribution < 1.29 is 0 Å². The Morgan fingerprint density at radius 1 is 1.15 bits per heavy atom. The van der Waals surface area contributed by atoms with Crippen LogP contribution in [-0.4, -0.2) is 14.1 Å². The van der Waals surface area contributed by atoms with E-state index in [4.69, 9.17) is 5.84 Å². The number of nitrogens with two attached hydrogens (primary N) is 1. The van der Waals surface area contributed by atoms with Crippen LogP contribution < -0.4 is 16.2 Å². The number of nitrogens with one attached hydrogen (secondary N) is 1. The van der Waals surface area contributed by atoms with Gasteiger partial charge in [-0.1, -0.05) is 24.3 Å². The molecule has 0 bridgehead atoms. The molecule has 0 heterocycles. The summed E-state index contributed by atoms with van der Waals surface area (Å²) in [6.07, 6.45) is 0.879. The zero-order valence-electron chi connectivity index (χ0n) is 11.8. The molecule has 0 fully saturated rings. The smallest absolute Gasteiger partial charge is 0.0501 e. The van der Waals surface area contributed by atoms with Gasteiger partial charge in [0.15, 0.2) is 0 Å². The van der Waals surface area contributed by atoms with E-state index in [-0.39, 0.29) is 6.04 Å². The molecule has 0 saturated heterocycles. The molecule has 106 valence electrons. The van der Waals surface area contributed by atoms with Crippen LogP contribution in [0.1, 0.15) is 17.2 Å². The van der Waals surface area contributed by atoms with Crippen LogP contribution in [0.5, 0.6) is 0 Å². The van der Waals surface area contributed by atoms with Gasteiger partial charge in [0.2, 0.25) is 0 Å². The SMILES string of the molecule is CN(C)c1cccc(C(Cc2ccc(I)cc2)NN)c1. The zero-order chi connectivity index (χ0) is 14.5. The Bertz CT molecular complexity index is 552. The van der Waals surface area contributed by atoms with E-state index in [2.05, 4.69) is 81.4 Å². The van der Waals surface area contributed by atoms with Crippen LogP contribution in [0, 0.1) is 3.57 Å². The summed E-state index contributed by atoms with van der Waals surface area (Å²) >= 11 is 2.32. The predicted molar refractivity (Wildman–Crippen MR) is 93.7 cm³/mol. The fraction of sp³-hybridized carbons (Fsp3) is 0.250. The number of hydrogen-bond donors (Lipinski definition) is 2. The highest BCUT2D eigenvalue weighted by atomic mass is 127. The highest BCUT2D eigenvalue weighted by Crippen LogP contribution is 2.22. The van der Waals surface area contributed by atoms with Gasteiger partial charge in [-0.05, 0) is 64.4 Å². The van der Waals surface area contributed by atoms with E-state index < -0.39 is 0 Å². The topological polar surface area (TPSA) is 41.3 Å². The quantitative estimate of drug-likeness (QED) is 0.475. The molecule has 3 N–H and O–H groups in total. The standard InChI is InChI=1S/C16H20IN3/c1-20(2)15-5-3-4-13(11-15)16(19-18)10-12-6-8-14(17)9-7-12/h3-9,11,16,19H,10,18H2,1-2H3. The van der Waals surface area contributed by atoms with E-state index in [1.807, 2.05) is 14.1 Å². The number of hydrogen-bond acceptors (Lipinski definition) is 3. The van der Waals surface area contributed by atoms with E-state index >= 15 is 0 Å². The fourth-order valence-corrected chi connectivity index (χ4v) is 2.51. The van der Waals surface area contributed by atoms with E-state index in [1.165, 1.54) is 20.4 Å². The van der Waals surface area contributed by atoms with Crippen molar-refractivity contribution in [2.24, 2.45) is 5.84 Å². The lowest BCUT2D eigenvalue weighted by atomic mass is 9.99. The van der Waals surface area contributed by atoms with E-state index in [0.717, 1.165) is 6.42 Å². The summed E-state index contributed by atoms with van der Waals surface area (Å²) in [5.41, 5.74) is 6.60. The van der Waals surface area contributed by atoms with E-state index in [9.17, 15) is 0 Å². The summed E-state index contributed by atoms with van der Waals surface area (Å²) in [6.45, 7) is 0. The maximum atomic E-state index is 5.74. The van der Waals surface area contributed by atoms with Crippen molar-refractivity contribution in [1.29, 1.82) is 0 Å².